The van der Waals surface area contributed by atoms with E-state index in [0.717, 1.165) is 42.6 Å². The topological polar surface area (TPSA) is 61.6 Å². The number of benzene rings is 2. The zero-order valence-corrected chi connectivity index (χ0v) is 14.2. The van der Waals surface area contributed by atoms with Crippen LogP contribution in [0.25, 0.3) is 0 Å². The van der Waals surface area contributed by atoms with Crippen LogP contribution in [0.1, 0.15) is 0 Å². The molecule has 0 aromatic heterocycles. The van der Waals surface area contributed by atoms with Crippen molar-refractivity contribution in [1.29, 1.82) is 0 Å². The van der Waals surface area contributed by atoms with E-state index in [1.54, 1.807) is 12.1 Å². The number of piperazine rings is 1. The number of hydrogen-bond donors (Lipinski definition) is 2. The van der Waals surface area contributed by atoms with E-state index in [2.05, 4.69) is 21.2 Å². The van der Waals surface area contributed by atoms with Crippen molar-refractivity contribution in [2.45, 2.75) is 0 Å². The summed E-state index contributed by atoms with van der Waals surface area (Å²) in [5.74, 6) is -0.0168. The molecule has 0 bridgehead atoms. The Morgan fingerprint density at radius 2 is 1.83 bits per heavy atom. The highest BCUT2D eigenvalue weighted by molar-refractivity contribution is 6.30. The molecular weight excluding hydrogens is 324 g/mol. The smallest absolute Gasteiger partial charge is 0.238 e. The van der Waals surface area contributed by atoms with Gasteiger partial charge in [0.25, 0.3) is 0 Å². The van der Waals surface area contributed by atoms with Crippen LogP contribution in [0.3, 0.4) is 0 Å². The molecule has 0 radical (unpaired) electrons. The molecule has 126 valence electrons. The van der Waals surface area contributed by atoms with Gasteiger partial charge in [-0.2, -0.15) is 0 Å². The molecule has 2 aromatic rings. The Kier molecular flexibility index (Phi) is 5.23. The fraction of sp³-hybridized carbons (Fsp3) is 0.278. The van der Waals surface area contributed by atoms with Crippen LogP contribution in [0.4, 0.5) is 17.1 Å². The number of amides is 1. The molecule has 24 heavy (non-hydrogen) atoms. The molecule has 1 fully saturated rings. The van der Waals surface area contributed by atoms with Crippen molar-refractivity contribution in [2.24, 2.45) is 0 Å². The number of nitrogens with zero attached hydrogens (tertiary/aromatic N) is 2. The average molecular weight is 345 g/mol. The van der Waals surface area contributed by atoms with Gasteiger partial charge in [0, 0.05) is 48.3 Å². The normalized spacial score (nSPS) is 15.3. The molecule has 1 aliphatic rings. The molecule has 0 unspecified atom stereocenters. The van der Waals surface area contributed by atoms with Gasteiger partial charge in [0.05, 0.1) is 6.54 Å². The number of anilines is 3. The Morgan fingerprint density at radius 1 is 1.08 bits per heavy atom. The Morgan fingerprint density at radius 3 is 2.54 bits per heavy atom. The van der Waals surface area contributed by atoms with E-state index in [-0.39, 0.29) is 5.91 Å². The third-order valence-corrected chi connectivity index (χ3v) is 4.32. The van der Waals surface area contributed by atoms with Gasteiger partial charge in [-0.25, -0.2) is 0 Å². The van der Waals surface area contributed by atoms with E-state index in [9.17, 15) is 4.79 Å². The minimum absolute atomic E-state index is 0.0168. The van der Waals surface area contributed by atoms with Crippen LogP contribution in [-0.2, 0) is 4.79 Å². The molecule has 6 heteroatoms. The van der Waals surface area contributed by atoms with Crippen molar-refractivity contribution in [3.05, 3.63) is 53.6 Å². The quantitative estimate of drug-likeness (QED) is 0.837. The first-order chi connectivity index (χ1) is 11.6. The summed E-state index contributed by atoms with van der Waals surface area (Å²) in [6.07, 6.45) is 0. The van der Waals surface area contributed by atoms with Gasteiger partial charge < -0.3 is 16.0 Å². The zero-order chi connectivity index (χ0) is 16.9. The highest BCUT2D eigenvalue weighted by Gasteiger charge is 2.19. The predicted octanol–water partition coefficient (Wildman–Crippen LogP) is 2.68. The Balaban J connectivity index is 1.49. The van der Waals surface area contributed by atoms with Crippen LogP contribution in [0.5, 0.6) is 0 Å². The summed E-state index contributed by atoms with van der Waals surface area (Å²) in [6.45, 7) is 3.84. The highest BCUT2D eigenvalue weighted by atomic mass is 35.5. The molecular formula is C18H21ClN4O. The number of halogens is 1. The molecule has 0 saturated carbocycles. The Bertz CT molecular complexity index is 714. The van der Waals surface area contributed by atoms with E-state index in [1.807, 2.05) is 30.3 Å². The molecule has 5 nitrogen and oxygen atoms in total. The predicted molar refractivity (Wildman–Crippen MR) is 99.6 cm³/mol. The number of rotatable bonds is 4. The van der Waals surface area contributed by atoms with Crippen LogP contribution >= 0.6 is 11.6 Å². The lowest BCUT2D eigenvalue weighted by Gasteiger charge is -2.35. The zero-order valence-electron chi connectivity index (χ0n) is 13.4. The van der Waals surface area contributed by atoms with Crippen molar-refractivity contribution in [2.75, 3.05) is 48.7 Å². The van der Waals surface area contributed by atoms with Gasteiger partial charge in [0.2, 0.25) is 5.91 Å². The van der Waals surface area contributed by atoms with Gasteiger partial charge in [0.1, 0.15) is 0 Å². The van der Waals surface area contributed by atoms with Crippen molar-refractivity contribution >= 4 is 34.6 Å². The van der Waals surface area contributed by atoms with Crippen LogP contribution in [0, 0.1) is 0 Å². The minimum atomic E-state index is -0.0168. The molecule has 3 N–H and O–H groups in total. The highest BCUT2D eigenvalue weighted by Crippen LogP contribution is 2.20. The summed E-state index contributed by atoms with van der Waals surface area (Å²) in [4.78, 5) is 16.6. The number of carbonyl (C=O) groups is 1. The van der Waals surface area contributed by atoms with Crippen molar-refractivity contribution in [3.63, 3.8) is 0 Å². The third kappa shape index (κ3) is 4.40. The standard InChI is InChI=1S/C18H21ClN4O/c19-14-3-1-6-17(11-14)23-9-7-22(8-10-23)13-18(24)21-16-5-2-4-15(20)12-16/h1-6,11-12H,7-10,13,20H2,(H,21,24). The molecule has 2 aromatic carbocycles. The maximum atomic E-state index is 12.2. The van der Waals surface area contributed by atoms with E-state index < -0.39 is 0 Å². The summed E-state index contributed by atoms with van der Waals surface area (Å²) in [5.41, 5.74) is 8.23. The van der Waals surface area contributed by atoms with Crippen LogP contribution < -0.4 is 16.0 Å². The van der Waals surface area contributed by atoms with Crippen LogP contribution in [0.15, 0.2) is 48.5 Å². The molecule has 1 aliphatic heterocycles. The summed E-state index contributed by atoms with van der Waals surface area (Å²) < 4.78 is 0. The maximum absolute atomic E-state index is 12.2. The number of nitrogen functional groups attached to an aromatic ring is 1. The fourth-order valence-corrected chi connectivity index (χ4v) is 3.04. The Hall–Kier alpha value is -2.24. The fourth-order valence-electron chi connectivity index (χ4n) is 2.86. The summed E-state index contributed by atoms with van der Waals surface area (Å²) in [5, 5.41) is 3.64. The lowest BCUT2D eigenvalue weighted by atomic mass is 10.2. The summed E-state index contributed by atoms with van der Waals surface area (Å²) in [7, 11) is 0. The molecule has 0 spiro atoms. The largest absolute Gasteiger partial charge is 0.399 e. The number of carbonyl (C=O) groups excluding carboxylic acids is 1. The SMILES string of the molecule is Nc1cccc(NC(=O)CN2CCN(c3cccc(Cl)c3)CC2)c1. The first-order valence-electron chi connectivity index (χ1n) is 7.98. The molecule has 1 heterocycles. The van der Waals surface area contributed by atoms with Crippen molar-refractivity contribution in [1.82, 2.24) is 4.90 Å². The monoisotopic (exact) mass is 344 g/mol. The van der Waals surface area contributed by atoms with Crippen LogP contribution in [0.2, 0.25) is 5.02 Å². The average Bonchev–Trinajstić information content (AvgIpc) is 2.55. The lowest BCUT2D eigenvalue weighted by molar-refractivity contribution is -0.117. The van der Waals surface area contributed by atoms with Crippen molar-refractivity contribution < 1.29 is 4.79 Å². The van der Waals surface area contributed by atoms with Gasteiger partial charge in [-0.1, -0.05) is 23.7 Å². The second-order valence-electron chi connectivity index (χ2n) is 5.92. The van der Waals surface area contributed by atoms with E-state index in [0.29, 0.717) is 12.2 Å². The second-order valence-corrected chi connectivity index (χ2v) is 6.35. The number of nitrogens with two attached hydrogens (primary N) is 1. The van der Waals surface area contributed by atoms with Crippen molar-refractivity contribution in [3.8, 4) is 0 Å². The molecule has 1 saturated heterocycles. The Labute approximate surface area is 147 Å². The van der Waals surface area contributed by atoms with Gasteiger partial charge in [-0.3, -0.25) is 9.69 Å². The molecule has 0 aliphatic carbocycles. The van der Waals surface area contributed by atoms with E-state index >= 15 is 0 Å². The number of hydrogen-bond acceptors (Lipinski definition) is 4. The van der Waals surface area contributed by atoms with E-state index in [4.69, 9.17) is 17.3 Å². The van der Waals surface area contributed by atoms with Gasteiger partial charge >= 0.3 is 0 Å². The molecule has 1 amide bonds. The van der Waals surface area contributed by atoms with Crippen LogP contribution in [-0.4, -0.2) is 43.5 Å². The van der Waals surface area contributed by atoms with Gasteiger partial charge in [0.15, 0.2) is 0 Å². The first kappa shape index (κ1) is 16.6. The maximum Gasteiger partial charge on any atom is 0.238 e. The summed E-state index contributed by atoms with van der Waals surface area (Å²) >= 11 is 6.05. The lowest BCUT2D eigenvalue weighted by Crippen LogP contribution is -2.48. The van der Waals surface area contributed by atoms with E-state index in [1.165, 1.54) is 0 Å². The van der Waals surface area contributed by atoms with Gasteiger partial charge in [-0.05, 0) is 36.4 Å². The second kappa shape index (κ2) is 7.55. The molecule has 0 atom stereocenters. The van der Waals surface area contributed by atoms with Gasteiger partial charge in [-0.15, -0.1) is 0 Å². The molecule has 3 rings (SSSR count). The third-order valence-electron chi connectivity index (χ3n) is 4.08. The number of nitrogens with one attached hydrogen (secondary N) is 1. The minimum Gasteiger partial charge on any atom is -0.399 e. The summed E-state index contributed by atoms with van der Waals surface area (Å²) in [6, 6.07) is 15.1. The first-order valence-corrected chi connectivity index (χ1v) is 8.36.